The topological polar surface area (TPSA) is 74.8 Å². The predicted molar refractivity (Wildman–Crippen MR) is 79.2 cm³/mol. The summed E-state index contributed by atoms with van der Waals surface area (Å²) in [5.41, 5.74) is 1.39. The van der Waals surface area contributed by atoms with Gasteiger partial charge in [-0.15, -0.1) is 11.3 Å². The van der Waals surface area contributed by atoms with Crippen molar-refractivity contribution in [2.75, 3.05) is 0 Å². The van der Waals surface area contributed by atoms with E-state index in [-0.39, 0.29) is 16.9 Å². The Hall–Kier alpha value is -1.95. The average Bonchev–Trinajstić information content (AvgIpc) is 2.85. The van der Waals surface area contributed by atoms with Gasteiger partial charge in [0.1, 0.15) is 5.56 Å². The lowest BCUT2D eigenvalue weighted by Crippen LogP contribution is -2.28. The van der Waals surface area contributed by atoms with Crippen LogP contribution in [0.25, 0.3) is 0 Å². The van der Waals surface area contributed by atoms with Crippen molar-refractivity contribution >= 4 is 17.2 Å². The Balaban J connectivity index is 2.03. The van der Waals surface area contributed by atoms with Crippen LogP contribution in [0.1, 0.15) is 46.5 Å². The minimum Gasteiger partial charge on any atom is -0.364 e. The fourth-order valence-electron chi connectivity index (χ4n) is 1.69. The smallest absolute Gasteiger partial charge is 0.257 e. The van der Waals surface area contributed by atoms with Gasteiger partial charge in [0, 0.05) is 29.3 Å². The summed E-state index contributed by atoms with van der Waals surface area (Å²) in [5.74, 6) is -0.00487. The van der Waals surface area contributed by atoms with Crippen LogP contribution < -0.4 is 10.7 Å². The number of carbonyl (C=O) groups excluding carboxylic acids is 1. The van der Waals surface area contributed by atoms with E-state index in [2.05, 4.69) is 29.1 Å². The van der Waals surface area contributed by atoms with Crippen molar-refractivity contribution in [2.45, 2.75) is 33.2 Å². The highest BCUT2D eigenvalue weighted by Gasteiger charge is 2.11. The molecule has 0 aromatic carbocycles. The van der Waals surface area contributed by atoms with Crippen LogP contribution in [0.2, 0.25) is 0 Å². The molecule has 20 heavy (non-hydrogen) atoms. The molecule has 0 fully saturated rings. The molecule has 0 aliphatic heterocycles. The van der Waals surface area contributed by atoms with E-state index in [9.17, 15) is 9.59 Å². The summed E-state index contributed by atoms with van der Waals surface area (Å²) in [4.78, 5) is 30.9. The van der Waals surface area contributed by atoms with Crippen molar-refractivity contribution in [3.05, 3.63) is 49.8 Å². The van der Waals surface area contributed by atoms with E-state index < -0.39 is 0 Å². The Morgan fingerprint density at radius 1 is 1.50 bits per heavy atom. The first-order valence-electron chi connectivity index (χ1n) is 6.39. The van der Waals surface area contributed by atoms with Gasteiger partial charge in [-0.1, -0.05) is 13.8 Å². The van der Waals surface area contributed by atoms with Crippen LogP contribution in [0.15, 0.2) is 22.4 Å². The number of aryl methyl sites for hydroxylation is 1. The van der Waals surface area contributed by atoms with Gasteiger partial charge in [0.25, 0.3) is 5.91 Å². The normalized spacial score (nSPS) is 10.8. The molecular formula is C14H17N3O2S. The zero-order valence-electron chi connectivity index (χ0n) is 11.7. The molecule has 5 nitrogen and oxygen atoms in total. The molecule has 2 N–H and O–H groups in total. The molecule has 0 aliphatic rings. The second-order valence-corrected chi connectivity index (χ2v) is 5.80. The van der Waals surface area contributed by atoms with E-state index in [0.717, 1.165) is 16.4 Å². The van der Waals surface area contributed by atoms with Crippen LogP contribution in [-0.4, -0.2) is 15.9 Å². The molecule has 1 amide bonds. The molecule has 0 spiro atoms. The van der Waals surface area contributed by atoms with E-state index >= 15 is 0 Å². The van der Waals surface area contributed by atoms with Crippen molar-refractivity contribution in [1.82, 2.24) is 15.3 Å². The third-order valence-corrected chi connectivity index (χ3v) is 3.99. The highest BCUT2D eigenvalue weighted by molar-refractivity contribution is 7.09. The second-order valence-electron chi connectivity index (χ2n) is 4.91. The van der Waals surface area contributed by atoms with Gasteiger partial charge in [0.15, 0.2) is 5.43 Å². The number of hydrogen-bond donors (Lipinski definition) is 2. The highest BCUT2D eigenvalue weighted by Crippen LogP contribution is 2.18. The van der Waals surface area contributed by atoms with Crippen LogP contribution in [0.4, 0.5) is 0 Å². The number of H-pyrrole nitrogens is 1. The standard InChI is InChI=1S/C14H17N3O2S/c1-8(2)14-17-10(7-20-14)5-16-13(19)11-6-15-9(3)4-12(11)18/h4,6-8H,5H2,1-3H3,(H,15,18)(H,16,19). The number of nitrogens with one attached hydrogen (secondary N) is 2. The average molecular weight is 291 g/mol. The number of pyridine rings is 1. The molecule has 0 saturated heterocycles. The zero-order valence-corrected chi connectivity index (χ0v) is 12.5. The number of nitrogens with zero attached hydrogens (tertiary/aromatic N) is 1. The van der Waals surface area contributed by atoms with Gasteiger partial charge >= 0.3 is 0 Å². The maximum Gasteiger partial charge on any atom is 0.257 e. The number of thiazole rings is 1. The summed E-state index contributed by atoms with van der Waals surface area (Å²) in [6.45, 7) is 6.25. The quantitative estimate of drug-likeness (QED) is 0.906. The number of hydrogen-bond acceptors (Lipinski definition) is 4. The first-order chi connectivity index (χ1) is 9.47. The maximum atomic E-state index is 11.9. The Kier molecular flexibility index (Phi) is 4.34. The Bertz CT molecular complexity index is 673. The zero-order chi connectivity index (χ0) is 14.7. The third-order valence-electron chi connectivity index (χ3n) is 2.80. The Labute approximate surface area is 121 Å². The van der Waals surface area contributed by atoms with Gasteiger partial charge in [-0.2, -0.15) is 0 Å². The fraction of sp³-hybridized carbons (Fsp3) is 0.357. The van der Waals surface area contributed by atoms with Crippen molar-refractivity contribution < 1.29 is 4.79 Å². The van der Waals surface area contributed by atoms with Crippen LogP contribution in [0.5, 0.6) is 0 Å². The molecule has 2 heterocycles. The van der Waals surface area contributed by atoms with Crippen molar-refractivity contribution in [3.8, 4) is 0 Å². The molecule has 0 aliphatic carbocycles. The van der Waals surface area contributed by atoms with E-state index in [0.29, 0.717) is 12.5 Å². The molecule has 2 aromatic heterocycles. The summed E-state index contributed by atoms with van der Waals surface area (Å²) >= 11 is 1.58. The number of rotatable bonds is 4. The molecule has 0 radical (unpaired) electrons. The van der Waals surface area contributed by atoms with Crippen LogP contribution >= 0.6 is 11.3 Å². The molecule has 2 aromatic rings. The largest absolute Gasteiger partial charge is 0.364 e. The minimum atomic E-state index is -0.384. The lowest BCUT2D eigenvalue weighted by Gasteiger charge is -2.03. The second kappa shape index (κ2) is 6.00. The number of carbonyl (C=O) groups is 1. The summed E-state index contributed by atoms with van der Waals surface area (Å²) in [5, 5.41) is 5.68. The first-order valence-corrected chi connectivity index (χ1v) is 7.27. The van der Waals surface area contributed by atoms with Crippen molar-refractivity contribution in [3.63, 3.8) is 0 Å². The van der Waals surface area contributed by atoms with Crippen LogP contribution in [0.3, 0.4) is 0 Å². The molecule has 0 atom stereocenters. The number of aromatic amines is 1. The highest BCUT2D eigenvalue weighted by atomic mass is 32.1. The molecule has 2 rings (SSSR count). The Morgan fingerprint density at radius 3 is 2.85 bits per heavy atom. The summed E-state index contributed by atoms with van der Waals surface area (Å²) in [6, 6.07) is 1.41. The third kappa shape index (κ3) is 3.33. The monoisotopic (exact) mass is 291 g/mol. The van der Waals surface area contributed by atoms with E-state index in [1.54, 1.807) is 18.3 Å². The summed E-state index contributed by atoms with van der Waals surface area (Å²) in [6.07, 6.45) is 1.44. The molecular weight excluding hydrogens is 274 g/mol. The number of amides is 1. The fourth-order valence-corrected chi connectivity index (χ4v) is 2.52. The molecule has 106 valence electrons. The van der Waals surface area contributed by atoms with E-state index in [4.69, 9.17) is 0 Å². The maximum absolute atomic E-state index is 11.9. The Morgan fingerprint density at radius 2 is 2.25 bits per heavy atom. The molecule has 6 heteroatoms. The van der Waals surface area contributed by atoms with Gasteiger partial charge in [-0.05, 0) is 6.92 Å². The predicted octanol–water partition coefficient (Wildman–Crippen LogP) is 2.19. The van der Waals surface area contributed by atoms with E-state index in [1.165, 1.54) is 12.3 Å². The van der Waals surface area contributed by atoms with E-state index in [1.807, 2.05) is 5.38 Å². The molecule has 0 saturated carbocycles. The lowest BCUT2D eigenvalue weighted by atomic mass is 10.2. The van der Waals surface area contributed by atoms with Crippen molar-refractivity contribution in [1.29, 1.82) is 0 Å². The van der Waals surface area contributed by atoms with Crippen LogP contribution in [0, 0.1) is 6.92 Å². The van der Waals surface area contributed by atoms with Gasteiger partial charge < -0.3 is 10.3 Å². The molecule has 0 bridgehead atoms. The van der Waals surface area contributed by atoms with Gasteiger partial charge in [0.05, 0.1) is 17.2 Å². The first kappa shape index (κ1) is 14.5. The van der Waals surface area contributed by atoms with Crippen LogP contribution in [-0.2, 0) is 6.54 Å². The number of aromatic nitrogens is 2. The summed E-state index contributed by atoms with van der Waals surface area (Å²) < 4.78 is 0. The lowest BCUT2D eigenvalue weighted by molar-refractivity contribution is 0.0949. The summed E-state index contributed by atoms with van der Waals surface area (Å²) in [7, 11) is 0. The van der Waals surface area contributed by atoms with Gasteiger partial charge in [-0.3, -0.25) is 9.59 Å². The minimum absolute atomic E-state index is 0.120. The SMILES string of the molecule is Cc1cc(=O)c(C(=O)NCc2csc(C(C)C)n2)c[nH]1. The van der Waals surface area contributed by atoms with Gasteiger partial charge in [0.2, 0.25) is 0 Å². The van der Waals surface area contributed by atoms with Gasteiger partial charge in [-0.25, -0.2) is 4.98 Å². The molecule has 0 unspecified atom stereocenters. The van der Waals surface area contributed by atoms with Crippen molar-refractivity contribution in [2.24, 2.45) is 0 Å².